The fourth-order valence-corrected chi connectivity index (χ4v) is 3.69. The third-order valence-corrected chi connectivity index (χ3v) is 5.59. The highest BCUT2D eigenvalue weighted by atomic mass is 35.5. The van der Waals surface area contributed by atoms with Gasteiger partial charge in [-0.1, -0.05) is 23.8 Å². The van der Waals surface area contributed by atoms with E-state index in [1.807, 2.05) is 0 Å². The van der Waals surface area contributed by atoms with Crippen LogP contribution in [-0.4, -0.2) is 18.4 Å². The van der Waals surface area contributed by atoms with Crippen molar-refractivity contribution in [2.45, 2.75) is 4.21 Å². The number of hydrogen-bond donors (Lipinski definition) is 2. The van der Waals surface area contributed by atoms with Crippen LogP contribution < -0.4 is 10.5 Å². The predicted octanol–water partition coefficient (Wildman–Crippen LogP) is 2.23. The molecule has 9 heteroatoms. The molecule has 0 saturated carbocycles. The Morgan fingerprint density at radius 3 is 2.63 bits per heavy atom. The number of anilines is 1. The van der Waals surface area contributed by atoms with Crippen LogP contribution in [0.1, 0.15) is 4.88 Å². The molecule has 0 spiro atoms. The minimum absolute atomic E-state index is 0.118. The van der Waals surface area contributed by atoms with E-state index in [0.29, 0.717) is 9.90 Å². The number of thiocarbonyl (C=S) groups is 1. The zero-order valence-electron chi connectivity index (χ0n) is 9.33. The minimum Gasteiger partial charge on any atom is -0.389 e. The second-order valence-electron chi connectivity index (χ2n) is 3.45. The normalized spacial score (nSPS) is 11.2. The largest absolute Gasteiger partial charge is 0.389 e. The highest BCUT2D eigenvalue weighted by Gasteiger charge is 2.18. The predicted molar refractivity (Wildman–Crippen MR) is 80.3 cm³/mol. The molecule has 0 aliphatic rings. The summed E-state index contributed by atoms with van der Waals surface area (Å²) in [5.74, 6) is 0.190. The van der Waals surface area contributed by atoms with Gasteiger partial charge in [-0.2, -0.15) is 0 Å². The summed E-state index contributed by atoms with van der Waals surface area (Å²) in [5.41, 5.74) is 5.44. The van der Waals surface area contributed by atoms with Gasteiger partial charge in [0.2, 0.25) is 0 Å². The van der Waals surface area contributed by atoms with Crippen molar-refractivity contribution in [2.75, 3.05) is 4.72 Å². The molecule has 0 aliphatic carbocycles. The topological polar surface area (TPSA) is 85.1 Å². The average molecular weight is 334 g/mol. The number of nitrogens with zero attached hydrogens (tertiary/aromatic N) is 1. The van der Waals surface area contributed by atoms with E-state index >= 15 is 0 Å². The lowest BCUT2D eigenvalue weighted by atomic mass is 10.5. The van der Waals surface area contributed by atoms with Crippen molar-refractivity contribution in [3.63, 3.8) is 0 Å². The number of nitrogens with one attached hydrogen (secondary N) is 1. The van der Waals surface area contributed by atoms with Crippen LogP contribution in [-0.2, 0) is 10.0 Å². The number of aromatic nitrogens is 1. The van der Waals surface area contributed by atoms with Crippen LogP contribution in [0, 0.1) is 0 Å². The Morgan fingerprint density at radius 1 is 1.37 bits per heavy atom. The van der Waals surface area contributed by atoms with Crippen LogP contribution in [0.15, 0.2) is 34.7 Å². The van der Waals surface area contributed by atoms with Crippen LogP contribution in [0.3, 0.4) is 0 Å². The van der Waals surface area contributed by atoms with Crippen molar-refractivity contribution in [3.8, 4) is 0 Å². The molecule has 0 radical (unpaired) electrons. The monoisotopic (exact) mass is 333 g/mol. The Bertz CT molecular complexity index is 710. The van der Waals surface area contributed by atoms with Crippen molar-refractivity contribution in [2.24, 2.45) is 5.73 Å². The lowest BCUT2D eigenvalue weighted by Gasteiger charge is -2.04. The Kier molecular flexibility index (Phi) is 4.04. The van der Waals surface area contributed by atoms with E-state index in [1.165, 1.54) is 18.3 Å². The number of thiophene rings is 1. The highest BCUT2D eigenvalue weighted by Crippen LogP contribution is 2.23. The molecular formula is C10H8ClN3O2S3. The van der Waals surface area contributed by atoms with Crippen molar-refractivity contribution in [1.29, 1.82) is 0 Å². The van der Waals surface area contributed by atoms with Crippen LogP contribution in [0.25, 0.3) is 0 Å². The van der Waals surface area contributed by atoms with Crippen LogP contribution >= 0.6 is 35.2 Å². The van der Waals surface area contributed by atoms with Crippen LogP contribution in [0.5, 0.6) is 0 Å². The van der Waals surface area contributed by atoms with Gasteiger partial charge in [-0.25, -0.2) is 13.4 Å². The molecule has 2 heterocycles. The summed E-state index contributed by atoms with van der Waals surface area (Å²) in [6, 6.07) is 6.03. The van der Waals surface area contributed by atoms with Gasteiger partial charge >= 0.3 is 0 Å². The van der Waals surface area contributed by atoms with Gasteiger partial charge in [0.25, 0.3) is 10.0 Å². The molecule has 2 aromatic heterocycles. The van der Waals surface area contributed by atoms with E-state index in [9.17, 15) is 8.42 Å². The standard InChI is InChI=1S/C10H8ClN3O2S3/c11-6-1-3-8(13-5-6)14-19(15,16)9-4-2-7(18-9)10(12)17/h1-5H,(H2,12,17)(H,13,14). The third kappa shape index (κ3) is 3.41. The molecule has 2 aromatic rings. The Labute approximate surface area is 124 Å². The summed E-state index contributed by atoms with van der Waals surface area (Å²) in [6.07, 6.45) is 1.36. The molecule has 2 rings (SSSR count). The molecule has 19 heavy (non-hydrogen) atoms. The molecule has 0 saturated heterocycles. The molecule has 0 aliphatic heterocycles. The second-order valence-corrected chi connectivity index (χ2v) is 7.32. The first kappa shape index (κ1) is 14.2. The zero-order valence-corrected chi connectivity index (χ0v) is 12.5. The fraction of sp³-hybridized carbons (Fsp3) is 0. The first-order valence-corrected chi connectivity index (χ1v) is 8.01. The summed E-state index contributed by atoms with van der Waals surface area (Å²) in [7, 11) is -3.69. The molecule has 5 nitrogen and oxygen atoms in total. The molecule has 0 fully saturated rings. The van der Waals surface area contributed by atoms with Crippen LogP contribution in [0.2, 0.25) is 5.02 Å². The van der Waals surface area contributed by atoms with Gasteiger partial charge in [0, 0.05) is 6.20 Å². The van der Waals surface area contributed by atoms with Gasteiger partial charge in [0.1, 0.15) is 15.0 Å². The molecule has 0 unspecified atom stereocenters. The lowest BCUT2D eigenvalue weighted by molar-refractivity contribution is 0.603. The summed E-state index contributed by atoms with van der Waals surface area (Å²) in [5, 5.41) is 0.426. The summed E-state index contributed by atoms with van der Waals surface area (Å²) < 4.78 is 26.6. The molecule has 0 bridgehead atoms. The van der Waals surface area contributed by atoms with Crippen LogP contribution in [0.4, 0.5) is 5.82 Å². The first-order valence-electron chi connectivity index (χ1n) is 4.92. The van der Waals surface area contributed by atoms with E-state index in [2.05, 4.69) is 9.71 Å². The lowest BCUT2D eigenvalue weighted by Crippen LogP contribution is -2.12. The minimum atomic E-state index is -3.69. The van der Waals surface area contributed by atoms with Crippen molar-refractivity contribution in [1.82, 2.24) is 4.98 Å². The number of nitrogens with two attached hydrogens (primary N) is 1. The average Bonchev–Trinajstić information content (AvgIpc) is 2.82. The number of halogens is 1. The van der Waals surface area contributed by atoms with Crippen molar-refractivity contribution < 1.29 is 8.42 Å². The van der Waals surface area contributed by atoms with Gasteiger partial charge < -0.3 is 5.73 Å². The van der Waals surface area contributed by atoms with Gasteiger partial charge in [-0.15, -0.1) is 11.3 Å². The molecule has 0 aromatic carbocycles. The molecule has 0 amide bonds. The number of sulfonamides is 1. The van der Waals surface area contributed by atoms with E-state index < -0.39 is 10.0 Å². The van der Waals surface area contributed by atoms with Crippen molar-refractivity contribution >= 4 is 56.0 Å². The fourth-order valence-electron chi connectivity index (χ4n) is 1.22. The maximum Gasteiger partial charge on any atom is 0.272 e. The van der Waals surface area contributed by atoms with Gasteiger partial charge in [-0.3, -0.25) is 4.72 Å². The first-order chi connectivity index (χ1) is 8.88. The molecule has 100 valence electrons. The summed E-state index contributed by atoms with van der Waals surface area (Å²) >= 11 is 11.5. The van der Waals surface area contributed by atoms with E-state index in [-0.39, 0.29) is 15.0 Å². The summed E-state index contributed by atoms with van der Waals surface area (Å²) in [4.78, 5) is 4.57. The Hall–Kier alpha value is -1.22. The Morgan fingerprint density at radius 2 is 2.11 bits per heavy atom. The summed E-state index contributed by atoms with van der Waals surface area (Å²) in [6.45, 7) is 0. The van der Waals surface area contributed by atoms with E-state index in [0.717, 1.165) is 11.3 Å². The quantitative estimate of drug-likeness (QED) is 0.838. The van der Waals surface area contributed by atoms with Gasteiger partial charge in [0.15, 0.2) is 0 Å². The second kappa shape index (κ2) is 5.41. The molecular weight excluding hydrogens is 326 g/mol. The smallest absolute Gasteiger partial charge is 0.272 e. The zero-order chi connectivity index (χ0) is 14.0. The van der Waals surface area contributed by atoms with Gasteiger partial charge in [0.05, 0.1) is 9.90 Å². The van der Waals surface area contributed by atoms with E-state index in [4.69, 9.17) is 29.6 Å². The van der Waals surface area contributed by atoms with Crippen molar-refractivity contribution in [3.05, 3.63) is 40.4 Å². The molecule has 0 atom stereocenters. The van der Waals surface area contributed by atoms with E-state index in [1.54, 1.807) is 12.1 Å². The third-order valence-electron chi connectivity index (χ3n) is 2.06. The Balaban J connectivity index is 2.26. The highest BCUT2D eigenvalue weighted by molar-refractivity contribution is 7.94. The number of rotatable bonds is 4. The van der Waals surface area contributed by atoms with Gasteiger partial charge in [-0.05, 0) is 24.3 Å². The number of hydrogen-bond acceptors (Lipinski definition) is 5. The maximum atomic E-state index is 12.1. The molecule has 3 N–H and O–H groups in total. The maximum absolute atomic E-state index is 12.1. The SMILES string of the molecule is NC(=S)c1ccc(S(=O)(=O)Nc2ccc(Cl)cn2)s1. The number of pyridine rings is 1.